The number of benzene rings is 1. The fourth-order valence-electron chi connectivity index (χ4n) is 1.71. The van der Waals surface area contributed by atoms with E-state index >= 15 is 0 Å². The molecule has 0 radical (unpaired) electrons. The third-order valence-electron chi connectivity index (χ3n) is 2.87. The SMILES string of the molecule is CCC(Oc1ccc([N+](=O)[O-])cc1CNC(C)C)C(=O)O. The lowest BCUT2D eigenvalue weighted by Crippen LogP contribution is -2.27. The minimum Gasteiger partial charge on any atom is -0.479 e. The van der Waals surface area contributed by atoms with Gasteiger partial charge in [-0.15, -0.1) is 0 Å². The van der Waals surface area contributed by atoms with Gasteiger partial charge in [0.05, 0.1) is 4.92 Å². The zero-order chi connectivity index (χ0) is 16.0. The number of carbonyl (C=O) groups is 1. The van der Waals surface area contributed by atoms with E-state index in [-0.39, 0.29) is 11.7 Å². The molecule has 21 heavy (non-hydrogen) atoms. The lowest BCUT2D eigenvalue weighted by atomic mass is 10.1. The van der Waals surface area contributed by atoms with Crippen LogP contribution in [0.2, 0.25) is 0 Å². The molecule has 1 aromatic rings. The Labute approximate surface area is 123 Å². The van der Waals surface area contributed by atoms with E-state index < -0.39 is 17.0 Å². The molecule has 1 unspecified atom stereocenters. The van der Waals surface area contributed by atoms with Crippen LogP contribution in [0.4, 0.5) is 5.69 Å². The van der Waals surface area contributed by atoms with Crippen molar-refractivity contribution < 1.29 is 19.6 Å². The molecule has 0 bridgehead atoms. The Morgan fingerprint density at radius 3 is 2.62 bits per heavy atom. The summed E-state index contributed by atoms with van der Waals surface area (Å²) in [6.45, 7) is 5.97. The summed E-state index contributed by atoms with van der Waals surface area (Å²) in [5.41, 5.74) is 0.517. The number of hydrogen-bond donors (Lipinski definition) is 2. The Morgan fingerprint density at radius 1 is 1.48 bits per heavy atom. The van der Waals surface area contributed by atoms with Crippen LogP contribution in [0.25, 0.3) is 0 Å². The summed E-state index contributed by atoms with van der Waals surface area (Å²) >= 11 is 0. The molecule has 2 N–H and O–H groups in total. The number of nitro groups is 1. The number of nitro benzene ring substituents is 1. The summed E-state index contributed by atoms with van der Waals surface area (Å²) in [6.07, 6.45) is -0.659. The van der Waals surface area contributed by atoms with Crippen molar-refractivity contribution in [2.45, 2.75) is 45.9 Å². The van der Waals surface area contributed by atoms with Gasteiger partial charge < -0.3 is 15.2 Å². The van der Waals surface area contributed by atoms with Gasteiger partial charge in [0.1, 0.15) is 5.75 Å². The van der Waals surface area contributed by atoms with E-state index in [2.05, 4.69) is 5.32 Å². The number of carboxylic acids is 1. The van der Waals surface area contributed by atoms with Gasteiger partial charge in [-0.1, -0.05) is 20.8 Å². The maximum absolute atomic E-state index is 11.0. The van der Waals surface area contributed by atoms with E-state index in [0.29, 0.717) is 24.3 Å². The van der Waals surface area contributed by atoms with Crippen LogP contribution in [-0.4, -0.2) is 28.1 Å². The van der Waals surface area contributed by atoms with E-state index in [1.165, 1.54) is 18.2 Å². The predicted molar refractivity (Wildman–Crippen MR) is 77.4 cm³/mol. The molecule has 0 saturated carbocycles. The Bertz CT molecular complexity index is 516. The van der Waals surface area contributed by atoms with Gasteiger partial charge >= 0.3 is 5.97 Å². The normalized spacial score (nSPS) is 12.2. The lowest BCUT2D eigenvalue weighted by molar-refractivity contribution is -0.384. The maximum Gasteiger partial charge on any atom is 0.344 e. The highest BCUT2D eigenvalue weighted by Gasteiger charge is 2.20. The molecule has 0 saturated heterocycles. The van der Waals surface area contributed by atoms with Crippen molar-refractivity contribution in [1.82, 2.24) is 5.32 Å². The average Bonchev–Trinajstić information content (AvgIpc) is 2.42. The molecule has 0 heterocycles. The Morgan fingerprint density at radius 2 is 2.14 bits per heavy atom. The second-order valence-corrected chi connectivity index (χ2v) is 4.94. The van der Waals surface area contributed by atoms with Crippen LogP contribution in [0.5, 0.6) is 5.75 Å². The molecule has 0 aliphatic carbocycles. The van der Waals surface area contributed by atoms with Crippen molar-refractivity contribution in [2.75, 3.05) is 0 Å². The highest BCUT2D eigenvalue weighted by Crippen LogP contribution is 2.25. The zero-order valence-electron chi connectivity index (χ0n) is 12.3. The lowest BCUT2D eigenvalue weighted by Gasteiger charge is -2.17. The van der Waals surface area contributed by atoms with E-state index in [9.17, 15) is 14.9 Å². The molecule has 116 valence electrons. The fraction of sp³-hybridized carbons (Fsp3) is 0.500. The number of nitrogens with one attached hydrogen (secondary N) is 1. The molecule has 0 amide bonds. The standard InChI is InChI=1S/C14H20N2O5/c1-4-12(14(17)18)21-13-6-5-11(16(19)20)7-10(13)8-15-9(2)3/h5-7,9,12,15H,4,8H2,1-3H3,(H,17,18). The monoisotopic (exact) mass is 296 g/mol. The summed E-state index contributed by atoms with van der Waals surface area (Å²) in [5.74, 6) is -0.707. The first-order chi connectivity index (χ1) is 9.85. The van der Waals surface area contributed by atoms with Crippen LogP contribution in [-0.2, 0) is 11.3 Å². The quantitative estimate of drug-likeness (QED) is 0.564. The van der Waals surface area contributed by atoms with Crippen molar-refractivity contribution in [3.05, 3.63) is 33.9 Å². The molecule has 7 heteroatoms. The van der Waals surface area contributed by atoms with E-state index in [4.69, 9.17) is 9.84 Å². The van der Waals surface area contributed by atoms with Gasteiger partial charge in [-0.2, -0.15) is 0 Å². The number of aliphatic carboxylic acids is 1. The van der Waals surface area contributed by atoms with Crippen molar-refractivity contribution in [3.8, 4) is 5.75 Å². The Balaban J connectivity index is 3.05. The van der Waals surface area contributed by atoms with Crippen LogP contribution in [0.15, 0.2) is 18.2 Å². The fourth-order valence-corrected chi connectivity index (χ4v) is 1.71. The molecule has 7 nitrogen and oxygen atoms in total. The Hall–Kier alpha value is -2.15. The van der Waals surface area contributed by atoms with Gasteiger partial charge in [-0.05, 0) is 12.5 Å². The van der Waals surface area contributed by atoms with Crippen molar-refractivity contribution in [2.24, 2.45) is 0 Å². The van der Waals surface area contributed by atoms with E-state index in [1.807, 2.05) is 13.8 Å². The summed E-state index contributed by atoms with van der Waals surface area (Å²) in [4.78, 5) is 21.4. The molecular formula is C14H20N2O5. The molecule has 1 atom stereocenters. The van der Waals surface area contributed by atoms with Crippen LogP contribution >= 0.6 is 0 Å². The molecule has 0 aliphatic rings. The minimum absolute atomic E-state index is 0.0497. The topological polar surface area (TPSA) is 102 Å². The second kappa shape index (κ2) is 7.58. The van der Waals surface area contributed by atoms with Crippen LogP contribution in [0, 0.1) is 10.1 Å². The van der Waals surface area contributed by atoms with Crippen molar-refractivity contribution >= 4 is 11.7 Å². The van der Waals surface area contributed by atoms with Crippen LogP contribution < -0.4 is 10.1 Å². The van der Waals surface area contributed by atoms with Gasteiger partial charge in [0.15, 0.2) is 6.10 Å². The van der Waals surface area contributed by atoms with Gasteiger partial charge in [0, 0.05) is 30.3 Å². The first-order valence-corrected chi connectivity index (χ1v) is 6.75. The van der Waals surface area contributed by atoms with Crippen molar-refractivity contribution in [1.29, 1.82) is 0 Å². The second-order valence-electron chi connectivity index (χ2n) is 4.94. The first-order valence-electron chi connectivity index (χ1n) is 6.75. The summed E-state index contributed by atoms with van der Waals surface area (Å²) in [6, 6.07) is 4.35. The van der Waals surface area contributed by atoms with Gasteiger partial charge in [0.25, 0.3) is 5.69 Å². The smallest absolute Gasteiger partial charge is 0.344 e. The third-order valence-corrected chi connectivity index (χ3v) is 2.87. The zero-order valence-corrected chi connectivity index (χ0v) is 12.3. The number of hydrogen-bond acceptors (Lipinski definition) is 5. The van der Waals surface area contributed by atoms with Crippen LogP contribution in [0.3, 0.4) is 0 Å². The van der Waals surface area contributed by atoms with E-state index in [1.54, 1.807) is 6.92 Å². The minimum atomic E-state index is -1.06. The number of rotatable bonds is 8. The maximum atomic E-state index is 11.0. The predicted octanol–water partition coefficient (Wildman–Crippen LogP) is 2.33. The highest BCUT2D eigenvalue weighted by atomic mass is 16.6. The first kappa shape index (κ1) is 16.9. The van der Waals surface area contributed by atoms with Gasteiger partial charge in [0.2, 0.25) is 0 Å². The summed E-state index contributed by atoms with van der Waals surface area (Å²) in [5, 5.41) is 23.0. The molecule has 0 aromatic heterocycles. The average molecular weight is 296 g/mol. The summed E-state index contributed by atoms with van der Waals surface area (Å²) in [7, 11) is 0. The van der Waals surface area contributed by atoms with Crippen LogP contribution in [0.1, 0.15) is 32.8 Å². The Kier molecular flexibility index (Phi) is 6.10. The largest absolute Gasteiger partial charge is 0.479 e. The van der Waals surface area contributed by atoms with Crippen molar-refractivity contribution in [3.63, 3.8) is 0 Å². The van der Waals surface area contributed by atoms with Gasteiger partial charge in [-0.25, -0.2) is 4.79 Å². The van der Waals surface area contributed by atoms with E-state index in [0.717, 1.165) is 0 Å². The summed E-state index contributed by atoms with van der Waals surface area (Å²) < 4.78 is 5.46. The van der Waals surface area contributed by atoms with Gasteiger partial charge in [-0.3, -0.25) is 10.1 Å². The molecule has 1 rings (SSSR count). The number of non-ortho nitro benzene ring substituents is 1. The molecular weight excluding hydrogens is 276 g/mol. The number of carboxylic acid groups (broad SMARTS) is 1. The molecule has 0 fully saturated rings. The molecule has 0 aliphatic heterocycles. The molecule has 0 spiro atoms. The third kappa shape index (κ3) is 5.03. The molecule has 1 aromatic carbocycles. The highest BCUT2D eigenvalue weighted by molar-refractivity contribution is 5.72. The number of nitrogens with zero attached hydrogens (tertiary/aromatic N) is 1. The number of ether oxygens (including phenoxy) is 1.